The standard InChI is InChI=1S/C25H36N6O5/c1-6-8-18(28-24(35)36-25(3,4)5)21(32)26-13-16-9-11-17(12-10-16)14-31-20-19(22(33)29-23(31)34)30(7-2)15-27-20/h9-12,15,18,23,34H,6-8,13-14H2,1-5H3,(H,26,32)(H,28,35)(H,29,33)/t18-,23?/m1/s1. The van der Waals surface area contributed by atoms with Gasteiger partial charge < -0.3 is 35.3 Å². The quantitative estimate of drug-likeness (QED) is 0.414. The summed E-state index contributed by atoms with van der Waals surface area (Å²) in [4.78, 5) is 43.0. The Labute approximate surface area is 211 Å². The molecule has 36 heavy (non-hydrogen) atoms. The molecule has 2 aromatic rings. The number of aryl methyl sites for hydroxylation is 1. The van der Waals surface area contributed by atoms with Crippen LogP contribution in [0.5, 0.6) is 0 Å². The van der Waals surface area contributed by atoms with Crippen LogP contribution in [0.15, 0.2) is 30.6 Å². The van der Waals surface area contributed by atoms with Crippen molar-refractivity contribution in [2.45, 2.75) is 85.1 Å². The fraction of sp³-hybridized carbons (Fsp3) is 0.520. The first-order valence-corrected chi connectivity index (χ1v) is 12.2. The number of hydrogen-bond donors (Lipinski definition) is 4. The molecular weight excluding hydrogens is 464 g/mol. The van der Waals surface area contributed by atoms with Crippen LogP contribution in [0.25, 0.3) is 0 Å². The lowest BCUT2D eigenvalue weighted by molar-refractivity contribution is -0.123. The topological polar surface area (TPSA) is 138 Å². The monoisotopic (exact) mass is 500 g/mol. The van der Waals surface area contributed by atoms with Crippen LogP contribution in [-0.2, 0) is 29.2 Å². The van der Waals surface area contributed by atoms with Gasteiger partial charge in [-0.15, -0.1) is 0 Å². The van der Waals surface area contributed by atoms with Crippen molar-refractivity contribution in [3.05, 3.63) is 47.4 Å². The number of alkyl carbamates (subject to hydrolysis) is 1. The van der Waals surface area contributed by atoms with Crippen LogP contribution in [0.1, 0.15) is 69.1 Å². The number of ether oxygens (including phenoxy) is 1. The third-order valence-corrected chi connectivity index (χ3v) is 5.63. The van der Waals surface area contributed by atoms with E-state index in [0.29, 0.717) is 37.6 Å². The van der Waals surface area contributed by atoms with Crippen LogP contribution < -0.4 is 20.9 Å². The lowest BCUT2D eigenvalue weighted by atomic mass is 10.1. The van der Waals surface area contributed by atoms with E-state index in [9.17, 15) is 19.5 Å². The zero-order valence-corrected chi connectivity index (χ0v) is 21.5. The number of carbonyl (C=O) groups excluding carboxylic acids is 3. The molecule has 0 bridgehead atoms. The molecule has 1 aliphatic rings. The Morgan fingerprint density at radius 3 is 2.47 bits per heavy atom. The van der Waals surface area contributed by atoms with E-state index >= 15 is 0 Å². The maximum absolute atomic E-state index is 12.7. The van der Waals surface area contributed by atoms with Crippen molar-refractivity contribution < 1.29 is 24.2 Å². The van der Waals surface area contributed by atoms with Crippen molar-refractivity contribution in [1.29, 1.82) is 0 Å². The molecule has 2 atom stereocenters. The van der Waals surface area contributed by atoms with Gasteiger partial charge in [0.05, 0.1) is 6.33 Å². The van der Waals surface area contributed by atoms with Crippen LogP contribution in [-0.4, -0.2) is 50.6 Å². The number of aliphatic hydroxyl groups excluding tert-OH is 1. The minimum atomic E-state index is -1.18. The summed E-state index contributed by atoms with van der Waals surface area (Å²) in [5, 5.41) is 18.5. The van der Waals surface area contributed by atoms with Gasteiger partial charge in [-0.25, -0.2) is 9.78 Å². The molecular formula is C25H36N6O5. The van der Waals surface area contributed by atoms with Crippen LogP contribution >= 0.6 is 0 Å². The van der Waals surface area contributed by atoms with Gasteiger partial charge in [-0.05, 0) is 45.2 Å². The second kappa shape index (κ2) is 11.4. The van der Waals surface area contributed by atoms with E-state index in [1.54, 1.807) is 36.6 Å². The highest BCUT2D eigenvalue weighted by Crippen LogP contribution is 2.26. The third kappa shape index (κ3) is 6.75. The molecule has 4 N–H and O–H groups in total. The van der Waals surface area contributed by atoms with E-state index in [4.69, 9.17) is 4.74 Å². The van der Waals surface area contributed by atoms with Crippen LogP contribution in [0.3, 0.4) is 0 Å². The largest absolute Gasteiger partial charge is 0.444 e. The van der Waals surface area contributed by atoms with E-state index in [-0.39, 0.29) is 11.8 Å². The number of fused-ring (bicyclic) bond motifs is 1. The summed E-state index contributed by atoms with van der Waals surface area (Å²) < 4.78 is 7.00. The molecule has 1 aromatic heterocycles. The van der Waals surface area contributed by atoms with Gasteiger partial charge >= 0.3 is 6.09 Å². The molecule has 0 saturated heterocycles. The van der Waals surface area contributed by atoms with Gasteiger partial charge in [-0.2, -0.15) is 0 Å². The molecule has 0 spiro atoms. The minimum Gasteiger partial charge on any atom is -0.444 e. The second-order valence-electron chi connectivity index (χ2n) is 9.70. The fourth-order valence-corrected chi connectivity index (χ4v) is 3.87. The van der Waals surface area contributed by atoms with E-state index in [1.807, 2.05) is 38.1 Å². The van der Waals surface area contributed by atoms with Crippen molar-refractivity contribution in [3.63, 3.8) is 0 Å². The molecule has 0 aliphatic carbocycles. The number of nitrogens with zero attached hydrogens (tertiary/aromatic N) is 3. The lowest BCUT2D eigenvalue weighted by Crippen LogP contribution is -2.53. The molecule has 3 amide bonds. The van der Waals surface area contributed by atoms with Gasteiger partial charge in [0.1, 0.15) is 11.6 Å². The Morgan fingerprint density at radius 2 is 1.86 bits per heavy atom. The number of aromatic nitrogens is 2. The molecule has 196 valence electrons. The number of anilines is 1. The fourth-order valence-electron chi connectivity index (χ4n) is 3.87. The molecule has 1 aromatic carbocycles. The van der Waals surface area contributed by atoms with Crippen molar-refractivity contribution in [3.8, 4) is 0 Å². The molecule has 2 heterocycles. The SMILES string of the molecule is CCC[C@@H](NC(=O)OC(C)(C)C)C(=O)NCc1ccc(CN2c3ncn(CC)c3C(=O)NC2O)cc1. The Kier molecular flexibility index (Phi) is 8.57. The Hall–Kier alpha value is -3.60. The Bertz CT molecular complexity index is 1080. The number of imidazole rings is 1. The summed E-state index contributed by atoms with van der Waals surface area (Å²) in [7, 11) is 0. The summed E-state index contributed by atoms with van der Waals surface area (Å²) >= 11 is 0. The first kappa shape index (κ1) is 27.0. The van der Waals surface area contributed by atoms with Gasteiger partial charge in [-0.3, -0.25) is 9.59 Å². The molecule has 3 rings (SSSR count). The van der Waals surface area contributed by atoms with Gasteiger partial charge in [0, 0.05) is 19.6 Å². The maximum atomic E-state index is 12.7. The highest BCUT2D eigenvalue weighted by molar-refractivity contribution is 5.99. The number of amides is 3. The first-order chi connectivity index (χ1) is 17.0. The predicted octanol–water partition coefficient (Wildman–Crippen LogP) is 2.24. The van der Waals surface area contributed by atoms with Gasteiger partial charge in [-0.1, -0.05) is 37.6 Å². The molecule has 1 aliphatic heterocycles. The van der Waals surface area contributed by atoms with Crippen LogP contribution in [0.2, 0.25) is 0 Å². The molecule has 0 fully saturated rings. The van der Waals surface area contributed by atoms with Gasteiger partial charge in [0.25, 0.3) is 5.91 Å². The predicted molar refractivity (Wildman–Crippen MR) is 134 cm³/mol. The van der Waals surface area contributed by atoms with Crippen molar-refractivity contribution in [2.24, 2.45) is 0 Å². The van der Waals surface area contributed by atoms with Crippen molar-refractivity contribution >= 4 is 23.7 Å². The molecule has 11 heteroatoms. The van der Waals surface area contributed by atoms with Crippen LogP contribution in [0.4, 0.5) is 10.6 Å². The average Bonchev–Trinajstić information content (AvgIpc) is 3.24. The minimum absolute atomic E-state index is 0.280. The normalized spacial score (nSPS) is 16.1. The Balaban J connectivity index is 1.59. The highest BCUT2D eigenvalue weighted by Gasteiger charge is 2.33. The van der Waals surface area contributed by atoms with Crippen molar-refractivity contribution in [2.75, 3.05) is 4.90 Å². The average molecular weight is 501 g/mol. The van der Waals surface area contributed by atoms with E-state index in [1.165, 1.54) is 0 Å². The summed E-state index contributed by atoms with van der Waals surface area (Å²) in [6.07, 6.45) is 1.00. The molecule has 11 nitrogen and oxygen atoms in total. The number of rotatable bonds is 9. The van der Waals surface area contributed by atoms with E-state index in [0.717, 1.165) is 17.5 Å². The third-order valence-electron chi connectivity index (χ3n) is 5.63. The van der Waals surface area contributed by atoms with Gasteiger partial charge in [0.2, 0.25) is 12.3 Å². The van der Waals surface area contributed by atoms with Gasteiger partial charge in [0.15, 0.2) is 11.5 Å². The number of hydrogen-bond acceptors (Lipinski definition) is 7. The van der Waals surface area contributed by atoms with E-state index < -0.39 is 24.1 Å². The molecule has 1 unspecified atom stereocenters. The molecule has 0 saturated carbocycles. The van der Waals surface area contributed by atoms with Crippen molar-refractivity contribution in [1.82, 2.24) is 25.5 Å². The summed E-state index contributed by atoms with van der Waals surface area (Å²) in [5.74, 6) is -0.205. The molecule has 0 radical (unpaired) electrons. The zero-order valence-electron chi connectivity index (χ0n) is 21.5. The number of aliphatic hydroxyl groups is 1. The maximum Gasteiger partial charge on any atom is 0.408 e. The summed E-state index contributed by atoms with van der Waals surface area (Å²) in [5.41, 5.74) is 1.55. The summed E-state index contributed by atoms with van der Waals surface area (Å²) in [6.45, 7) is 10.4. The zero-order chi connectivity index (χ0) is 26.5. The highest BCUT2D eigenvalue weighted by atomic mass is 16.6. The number of nitrogens with one attached hydrogen (secondary N) is 3. The summed E-state index contributed by atoms with van der Waals surface area (Å²) in [6, 6.07) is 6.86. The Morgan fingerprint density at radius 1 is 1.19 bits per heavy atom. The first-order valence-electron chi connectivity index (χ1n) is 12.2. The second-order valence-corrected chi connectivity index (χ2v) is 9.70. The number of carbonyl (C=O) groups is 3. The smallest absolute Gasteiger partial charge is 0.408 e. The van der Waals surface area contributed by atoms with Crippen LogP contribution in [0, 0.1) is 0 Å². The lowest BCUT2D eigenvalue weighted by Gasteiger charge is -2.33. The number of benzene rings is 1. The van der Waals surface area contributed by atoms with E-state index in [2.05, 4.69) is 20.9 Å².